The molecule has 7 nitrogen and oxygen atoms in total. The van der Waals surface area contributed by atoms with E-state index in [1.165, 1.54) is 0 Å². The van der Waals surface area contributed by atoms with Crippen molar-refractivity contribution in [3.05, 3.63) is 10.4 Å². The molecule has 1 saturated heterocycles. The van der Waals surface area contributed by atoms with Crippen LogP contribution in [0.2, 0.25) is 0 Å². The fourth-order valence-electron chi connectivity index (χ4n) is 1.94. The zero-order valence-corrected chi connectivity index (χ0v) is 10.7. The van der Waals surface area contributed by atoms with Gasteiger partial charge in [-0.2, -0.15) is 0 Å². The molecule has 0 bridgehead atoms. The number of hydrogen-bond acceptors (Lipinski definition) is 5. The molecule has 1 N–H and O–H groups in total. The highest BCUT2D eigenvalue weighted by molar-refractivity contribution is 5.76. The molecular formula is C11H20N4O3. The van der Waals surface area contributed by atoms with E-state index in [1.807, 2.05) is 0 Å². The summed E-state index contributed by atoms with van der Waals surface area (Å²) in [7, 11) is 0. The van der Waals surface area contributed by atoms with Crippen molar-refractivity contribution in [2.75, 3.05) is 32.9 Å². The second-order valence-electron chi connectivity index (χ2n) is 4.12. The molecule has 1 rings (SSSR count). The summed E-state index contributed by atoms with van der Waals surface area (Å²) in [5.74, 6) is -0.0553. The minimum Gasteiger partial charge on any atom is -0.465 e. The van der Waals surface area contributed by atoms with Crippen molar-refractivity contribution in [2.45, 2.75) is 25.8 Å². The Bertz CT molecular complexity index is 299. The van der Waals surface area contributed by atoms with E-state index in [2.05, 4.69) is 15.3 Å². The van der Waals surface area contributed by atoms with Crippen molar-refractivity contribution >= 4 is 5.97 Å². The molecule has 7 heteroatoms. The molecule has 1 aliphatic rings. The molecule has 0 spiro atoms. The first-order valence-electron chi connectivity index (χ1n) is 6.28. The molecule has 2 unspecified atom stereocenters. The van der Waals surface area contributed by atoms with Crippen LogP contribution in [-0.2, 0) is 14.3 Å². The van der Waals surface area contributed by atoms with E-state index in [9.17, 15) is 4.79 Å². The third-order valence-corrected chi connectivity index (χ3v) is 2.84. The van der Waals surface area contributed by atoms with Gasteiger partial charge in [0.1, 0.15) is 6.04 Å². The summed E-state index contributed by atoms with van der Waals surface area (Å²) in [6, 6.07) is -0.321. The first-order valence-corrected chi connectivity index (χ1v) is 6.28. The van der Waals surface area contributed by atoms with E-state index in [-0.39, 0.29) is 17.9 Å². The average Bonchev–Trinajstić information content (AvgIpc) is 2.87. The maximum Gasteiger partial charge on any atom is 0.323 e. The molecule has 0 aromatic rings. The number of nitrogens with zero attached hydrogens (tertiary/aromatic N) is 3. The van der Waals surface area contributed by atoms with E-state index in [0.717, 1.165) is 6.42 Å². The van der Waals surface area contributed by atoms with E-state index in [4.69, 9.17) is 15.0 Å². The normalized spacial score (nSPS) is 20.2. The molecule has 0 amide bonds. The van der Waals surface area contributed by atoms with Gasteiger partial charge < -0.3 is 14.8 Å². The Morgan fingerprint density at radius 2 is 2.56 bits per heavy atom. The minimum atomic E-state index is -0.321. The molecule has 1 heterocycles. The predicted octanol–water partition coefficient (Wildman–Crippen LogP) is 1.24. The molecule has 0 radical (unpaired) electrons. The monoisotopic (exact) mass is 256 g/mol. The van der Waals surface area contributed by atoms with Gasteiger partial charge in [0, 0.05) is 24.0 Å². The fraction of sp³-hybridized carbons (Fsp3) is 0.909. The first-order chi connectivity index (χ1) is 8.79. The number of rotatable bonds is 8. The van der Waals surface area contributed by atoms with E-state index >= 15 is 0 Å². The molecule has 2 atom stereocenters. The number of esters is 1. The smallest absolute Gasteiger partial charge is 0.323 e. The predicted molar refractivity (Wildman–Crippen MR) is 66.0 cm³/mol. The van der Waals surface area contributed by atoms with Crippen LogP contribution in [0.1, 0.15) is 19.8 Å². The van der Waals surface area contributed by atoms with Gasteiger partial charge in [-0.15, -0.1) is 0 Å². The third-order valence-electron chi connectivity index (χ3n) is 2.84. The summed E-state index contributed by atoms with van der Waals surface area (Å²) in [6.07, 6.45) is 1.57. The van der Waals surface area contributed by atoms with Gasteiger partial charge in [-0.1, -0.05) is 5.11 Å². The highest BCUT2D eigenvalue weighted by atomic mass is 16.5. The highest BCUT2D eigenvalue weighted by Crippen LogP contribution is 2.17. The van der Waals surface area contributed by atoms with E-state index < -0.39 is 0 Å². The van der Waals surface area contributed by atoms with Gasteiger partial charge >= 0.3 is 5.97 Å². The largest absolute Gasteiger partial charge is 0.465 e. The number of nitrogens with one attached hydrogen (secondary N) is 1. The van der Waals surface area contributed by atoms with Gasteiger partial charge in [-0.05, 0) is 31.8 Å². The Morgan fingerprint density at radius 3 is 3.17 bits per heavy atom. The van der Waals surface area contributed by atoms with Crippen molar-refractivity contribution < 1.29 is 14.3 Å². The summed E-state index contributed by atoms with van der Waals surface area (Å²) >= 11 is 0. The van der Waals surface area contributed by atoms with Gasteiger partial charge in [0.05, 0.1) is 13.2 Å². The van der Waals surface area contributed by atoms with Crippen molar-refractivity contribution in [2.24, 2.45) is 11.0 Å². The lowest BCUT2D eigenvalue weighted by Crippen LogP contribution is -2.44. The number of hydrogen-bond donors (Lipinski definition) is 1. The zero-order chi connectivity index (χ0) is 13.2. The second-order valence-corrected chi connectivity index (χ2v) is 4.12. The van der Waals surface area contributed by atoms with Crippen molar-refractivity contribution in [1.29, 1.82) is 0 Å². The van der Waals surface area contributed by atoms with E-state index in [1.54, 1.807) is 6.92 Å². The molecule has 1 aliphatic heterocycles. The van der Waals surface area contributed by atoms with Gasteiger partial charge in [0.15, 0.2) is 0 Å². The van der Waals surface area contributed by atoms with Gasteiger partial charge in [0.2, 0.25) is 0 Å². The van der Waals surface area contributed by atoms with Gasteiger partial charge in [-0.3, -0.25) is 4.79 Å². The molecular weight excluding hydrogens is 236 g/mol. The van der Waals surface area contributed by atoms with Crippen LogP contribution in [0.15, 0.2) is 5.11 Å². The SMILES string of the molecule is CCOC(=O)C(NCCCN=[N+]=[N-])C1CCOC1. The summed E-state index contributed by atoms with van der Waals surface area (Å²) in [6.45, 7) is 4.51. The second kappa shape index (κ2) is 8.74. The van der Waals surface area contributed by atoms with Crippen LogP contribution in [0.5, 0.6) is 0 Å². The number of ether oxygens (including phenoxy) is 2. The Labute approximate surface area is 106 Å². The Balaban J connectivity index is 2.38. The van der Waals surface area contributed by atoms with Crippen molar-refractivity contribution in [3.63, 3.8) is 0 Å². The van der Waals surface area contributed by atoms with Crippen LogP contribution in [0.4, 0.5) is 0 Å². The van der Waals surface area contributed by atoms with Crippen LogP contribution in [0, 0.1) is 5.92 Å². The zero-order valence-electron chi connectivity index (χ0n) is 10.7. The number of carbonyl (C=O) groups excluding carboxylic acids is 1. The summed E-state index contributed by atoms with van der Waals surface area (Å²) in [4.78, 5) is 14.5. The molecule has 0 saturated carbocycles. The molecule has 0 aliphatic carbocycles. The summed E-state index contributed by atoms with van der Waals surface area (Å²) in [5, 5.41) is 6.61. The average molecular weight is 256 g/mol. The fourth-order valence-corrected chi connectivity index (χ4v) is 1.94. The quantitative estimate of drug-likeness (QED) is 0.232. The van der Waals surface area contributed by atoms with Gasteiger partial charge in [0.25, 0.3) is 0 Å². The lowest BCUT2D eigenvalue weighted by molar-refractivity contribution is -0.147. The summed E-state index contributed by atoms with van der Waals surface area (Å²) < 4.78 is 10.4. The molecule has 0 aromatic carbocycles. The summed E-state index contributed by atoms with van der Waals surface area (Å²) in [5.41, 5.74) is 8.15. The van der Waals surface area contributed by atoms with Crippen LogP contribution in [0.3, 0.4) is 0 Å². The Kier molecular flexibility index (Phi) is 7.17. The molecule has 102 valence electrons. The maximum atomic E-state index is 11.8. The number of carbonyl (C=O) groups is 1. The van der Waals surface area contributed by atoms with Gasteiger partial charge in [-0.25, -0.2) is 0 Å². The number of azide groups is 1. The standard InChI is InChI=1S/C11H20N4O3/c1-2-18-11(16)10(9-4-7-17-8-9)13-5-3-6-14-15-12/h9-10,13H,2-8H2,1H3. The van der Waals surface area contributed by atoms with Crippen LogP contribution >= 0.6 is 0 Å². The van der Waals surface area contributed by atoms with Crippen LogP contribution in [0.25, 0.3) is 10.4 Å². The van der Waals surface area contributed by atoms with Crippen LogP contribution in [-0.4, -0.2) is 44.9 Å². The lowest BCUT2D eigenvalue weighted by Gasteiger charge is -2.21. The topological polar surface area (TPSA) is 96.3 Å². The molecule has 18 heavy (non-hydrogen) atoms. The minimum absolute atomic E-state index is 0.170. The van der Waals surface area contributed by atoms with E-state index in [0.29, 0.717) is 39.3 Å². The molecule has 1 fully saturated rings. The highest BCUT2D eigenvalue weighted by Gasteiger charge is 2.31. The Hall–Kier alpha value is -1.30. The van der Waals surface area contributed by atoms with Crippen molar-refractivity contribution in [3.8, 4) is 0 Å². The molecule has 0 aromatic heterocycles. The van der Waals surface area contributed by atoms with Crippen LogP contribution < -0.4 is 5.32 Å². The lowest BCUT2D eigenvalue weighted by atomic mass is 9.99. The first kappa shape index (κ1) is 14.8. The Morgan fingerprint density at radius 1 is 1.72 bits per heavy atom. The third kappa shape index (κ3) is 4.91. The van der Waals surface area contributed by atoms with Crippen molar-refractivity contribution in [1.82, 2.24) is 5.32 Å². The maximum absolute atomic E-state index is 11.8.